The minimum atomic E-state index is -0.726. The van der Waals surface area contributed by atoms with Gasteiger partial charge in [-0.3, -0.25) is 9.69 Å². The second-order valence-corrected chi connectivity index (χ2v) is 6.64. The van der Waals surface area contributed by atoms with Crippen LogP contribution in [-0.4, -0.2) is 42.5 Å². The van der Waals surface area contributed by atoms with E-state index < -0.39 is 12.0 Å². The molecule has 0 bridgehead atoms. The molecule has 1 aromatic rings. The van der Waals surface area contributed by atoms with Crippen LogP contribution in [0.15, 0.2) is 18.2 Å². The molecule has 0 spiro atoms. The van der Waals surface area contributed by atoms with Crippen molar-refractivity contribution in [2.24, 2.45) is 0 Å². The van der Waals surface area contributed by atoms with E-state index in [9.17, 15) is 9.59 Å². The van der Waals surface area contributed by atoms with E-state index in [1.54, 1.807) is 30.0 Å². The Bertz CT molecular complexity index is 585. The second kappa shape index (κ2) is 8.70. The van der Waals surface area contributed by atoms with E-state index in [4.69, 9.17) is 27.9 Å². The number of hydrogen-bond donors (Lipinski definition) is 1. The van der Waals surface area contributed by atoms with E-state index in [-0.39, 0.29) is 25.1 Å². The van der Waals surface area contributed by atoms with E-state index in [1.165, 1.54) is 0 Å². The maximum Gasteiger partial charge on any atom is 0.328 e. The molecule has 132 valence electrons. The molecule has 1 amide bonds. The average Bonchev–Trinajstić information content (AvgIpc) is 3.29. The molecule has 0 unspecified atom stereocenters. The van der Waals surface area contributed by atoms with Gasteiger partial charge in [-0.15, -0.1) is 0 Å². The number of benzene rings is 1. The molecule has 1 atom stereocenters. The van der Waals surface area contributed by atoms with Crippen LogP contribution < -0.4 is 5.32 Å². The zero-order valence-electron chi connectivity index (χ0n) is 13.9. The Labute approximate surface area is 152 Å². The summed E-state index contributed by atoms with van der Waals surface area (Å²) in [6, 6.07) is 4.51. The fourth-order valence-corrected chi connectivity index (χ4v) is 3.06. The molecule has 2 rings (SSSR count). The summed E-state index contributed by atoms with van der Waals surface area (Å²) >= 11 is 12.1. The van der Waals surface area contributed by atoms with Gasteiger partial charge in [0.05, 0.1) is 13.2 Å². The molecule has 0 aliphatic heterocycles. The summed E-state index contributed by atoms with van der Waals surface area (Å²) in [7, 11) is 0. The van der Waals surface area contributed by atoms with E-state index in [0.717, 1.165) is 12.8 Å². The third-order valence-corrected chi connectivity index (χ3v) is 4.21. The molecule has 24 heavy (non-hydrogen) atoms. The Hall–Kier alpha value is -1.30. The van der Waals surface area contributed by atoms with Crippen molar-refractivity contribution in [2.45, 2.75) is 38.8 Å². The lowest BCUT2D eigenvalue weighted by Crippen LogP contribution is -2.42. The van der Waals surface area contributed by atoms with Crippen molar-refractivity contribution >= 4 is 35.1 Å². The minimum Gasteiger partial charge on any atom is -0.465 e. The van der Waals surface area contributed by atoms with Crippen molar-refractivity contribution in [2.75, 3.05) is 19.7 Å². The number of ether oxygens (including phenoxy) is 1. The van der Waals surface area contributed by atoms with Crippen molar-refractivity contribution in [3.8, 4) is 0 Å². The zero-order valence-corrected chi connectivity index (χ0v) is 15.4. The summed E-state index contributed by atoms with van der Waals surface area (Å²) in [5.74, 6) is -0.515. The van der Waals surface area contributed by atoms with E-state index in [0.29, 0.717) is 22.2 Å². The highest BCUT2D eigenvalue weighted by Crippen LogP contribution is 2.28. The van der Waals surface area contributed by atoms with Crippen molar-refractivity contribution < 1.29 is 14.3 Å². The Balaban J connectivity index is 2.24. The number of carbonyl (C=O) groups is 2. The predicted octanol–water partition coefficient (Wildman–Crippen LogP) is 3.20. The van der Waals surface area contributed by atoms with Gasteiger partial charge < -0.3 is 10.1 Å². The molecule has 1 fully saturated rings. The number of amides is 1. The fraction of sp³-hybridized carbons (Fsp3) is 0.529. The number of esters is 1. The molecule has 5 nitrogen and oxygen atoms in total. The van der Waals surface area contributed by atoms with Gasteiger partial charge in [-0.1, -0.05) is 30.1 Å². The third-order valence-electron chi connectivity index (χ3n) is 3.77. The Morgan fingerprint density at radius 2 is 1.88 bits per heavy atom. The van der Waals surface area contributed by atoms with Gasteiger partial charge >= 0.3 is 5.97 Å². The van der Waals surface area contributed by atoms with Crippen LogP contribution in [0.25, 0.3) is 0 Å². The molecule has 7 heteroatoms. The van der Waals surface area contributed by atoms with Gasteiger partial charge in [-0.05, 0) is 50.1 Å². The molecular weight excluding hydrogens is 351 g/mol. The Morgan fingerprint density at radius 3 is 2.38 bits per heavy atom. The summed E-state index contributed by atoms with van der Waals surface area (Å²) in [4.78, 5) is 26.4. The lowest BCUT2D eigenvalue weighted by atomic mass is 10.0. The number of nitrogens with one attached hydrogen (secondary N) is 1. The summed E-state index contributed by atoms with van der Waals surface area (Å²) in [5.41, 5.74) is 0.618. The molecule has 1 aliphatic rings. The Morgan fingerprint density at radius 1 is 1.25 bits per heavy atom. The summed E-state index contributed by atoms with van der Waals surface area (Å²) in [6.45, 7) is 4.51. The first-order valence-corrected chi connectivity index (χ1v) is 8.86. The van der Waals surface area contributed by atoms with Gasteiger partial charge in [0.15, 0.2) is 0 Å². The van der Waals surface area contributed by atoms with Crippen LogP contribution in [-0.2, 0) is 14.3 Å². The summed E-state index contributed by atoms with van der Waals surface area (Å²) < 4.78 is 5.20. The minimum absolute atomic E-state index is 0.0956. The number of rotatable bonds is 8. The predicted molar refractivity (Wildman–Crippen MR) is 94.2 cm³/mol. The van der Waals surface area contributed by atoms with E-state index >= 15 is 0 Å². The summed E-state index contributed by atoms with van der Waals surface area (Å²) in [6.07, 6.45) is 2.03. The van der Waals surface area contributed by atoms with Crippen molar-refractivity contribution in [1.29, 1.82) is 0 Å². The molecule has 0 radical (unpaired) electrons. The molecule has 1 aromatic carbocycles. The molecular formula is C17H22Cl2N2O3. The van der Waals surface area contributed by atoms with Gasteiger partial charge in [-0.2, -0.15) is 0 Å². The molecule has 1 N–H and O–H groups in total. The SMILES string of the molecule is CCOC(=O)[C@@H](c1cc(Cl)cc(Cl)c1)N(CC)CC(=O)NC1CC1. The van der Waals surface area contributed by atoms with Crippen LogP contribution in [0.2, 0.25) is 10.0 Å². The standard InChI is InChI=1S/C17H22Cl2N2O3/c1-3-21(10-15(22)20-14-5-6-14)16(17(23)24-4-2)11-7-12(18)9-13(19)8-11/h7-9,14,16H,3-6,10H2,1-2H3,(H,20,22)/t16-/m1/s1. The molecule has 1 aliphatic carbocycles. The monoisotopic (exact) mass is 372 g/mol. The molecule has 0 saturated heterocycles. The first kappa shape index (κ1) is 19.0. The normalized spacial score (nSPS) is 15.2. The number of likely N-dealkylation sites (N-methyl/N-ethyl adjacent to an activating group) is 1. The zero-order chi connectivity index (χ0) is 17.7. The first-order valence-electron chi connectivity index (χ1n) is 8.10. The number of halogens is 2. The van der Waals surface area contributed by atoms with Gasteiger partial charge in [0.2, 0.25) is 5.91 Å². The van der Waals surface area contributed by atoms with E-state index in [2.05, 4.69) is 5.32 Å². The number of hydrogen-bond acceptors (Lipinski definition) is 4. The molecule has 0 aromatic heterocycles. The topological polar surface area (TPSA) is 58.6 Å². The largest absolute Gasteiger partial charge is 0.465 e. The highest BCUT2D eigenvalue weighted by atomic mass is 35.5. The maximum atomic E-state index is 12.5. The lowest BCUT2D eigenvalue weighted by Gasteiger charge is -2.29. The van der Waals surface area contributed by atoms with Gasteiger partial charge in [0, 0.05) is 16.1 Å². The average molecular weight is 373 g/mol. The van der Waals surface area contributed by atoms with Crippen molar-refractivity contribution in [1.82, 2.24) is 10.2 Å². The maximum absolute atomic E-state index is 12.5. The quantitative estimate of drug-likeness (QED) is 0.711. The smallest absolute Gasteiger partial charge is 0.328 e. The molecule has 0 heterocycles. The molecule has 1 saturated carbocycles. The van der Waals surface area contributed by atoms with Crippen LogP contribution in [0.4, 0.5) is 0 Å². The van der Waals surface area contributed by atoms with Gasteiger partial charge in [0.25, 0.3) is 0 Å². The van der Waals surface area contributed by atoms with Crippen LogP contribution >= 0.6 is 23.2 Å². The van der Waals surface area contributed by atoms with Crippen molar-refractivity contribution in [3.05, 3.63) is 33.8 Å². The number of nitrogens with zero attached hydrogens (tertiary/aromatic N) is 1. The highest BCUT2D eigenvalue weighted by molar-refractivity contribution is 6.34. The third kappa shape index (κ3) is 5.36. The number of carbonyl (C=O) groups excluding carboxylic acids is 2. The van der Waals surface area contributed by atoms with E-state index in [1.807, 2.05) is 6.92 Å². The summed E-state index contributed by atoms with van der Waals surface area (Å²) in [5, 5.41) is 3.80. The van der Waals surface area contributed by atoms with Gasteiger partial charge in [-0.25, -0.2) is 4.79 Å². The van der Waals surface area contributed by atoms with Crippen LogP contribution in [0.1, 0.15) is 38.3 Å². The lowest BCUT2D eigenvalue weighted by molar-refractivity contribution is -0.150. The van der Waals surface area contributed by atoms with Crippen LogP contribution in [0.3, 0.4) is 0 Å². The van der Waals surface area contributed by atoms with Crippen molar-refractivity contribution in [3.63, 3.8) is 0 Å². The van der Waals surface area contributed by atoms with Crippen LogP contribution in [0.5, 0.6) is 0 Å². The van der Waals surface area contributed by atoms with Gasteiger partial charge in [0.1, 0.15) is 6.04 Å². The fourth-order valence-electron chi connectivity index (χ4n) is 2.52. The Kier molecular flexibility index (Phi) is 6.90. The van der Waals surface area contributed by atoms with Crippen LogP contribution in [0, 0.1) is 0 Å². The first-order chi connectivity index (χ1) is 11.4. The second-order valence-electron chi connectivity index (χ2n) is 5.76. The highest BCUT2D eigenvalue weighted by Gasteiger charge is 2.31.